The molecule has 4 rings (SSSR count). The van der Waals surface area contributed by atoms with E-state index >= 15 is 0 Å². The van der Waals surface area contributed by atoms with E-state index in [0.717, 1.165) is 27.8 Å². The monoisotopic (exact) mass is 449 g/mol. The van der Waals surface area contributed by atoms with Gasteiger partial charge in [0.05, 0.1) is 0 Å². The topological polar surface area (TPSA) is 66.8 Å². The van der Waals surface area contributed by atoms with Crippen molar-refractivity contribution in [3.63, 3.8) is 0 Å². The summed E-state index contributed by atoms with van der Waals surface area (Å²) in [5.41, 5.74) is 5.43. The molecule has 1 atom stereocenters. The van der Waals surface area contributed by atoms with Crippen LogP contribution in [-0.4, -0.2) is 41.8 Å². The molecule has 1 aliphatic carbocycles. The summed E-state index contributed by atoms with van der Waals surface area (Å²) in [4.78, 5) is 25.8. The highest BCUT2D eigenvalue weighted by Gasteiger charge is 2.31. The Labute approximate surface area is 192 Å². The largest absolute Gasteiger partial charge is 0.480 e. The smallest absolute Gasteiger partial charge is 0.410 e. The molecule has 0 heterocycles. The molecule has 164 valence electrons. The van der Waals surface area contributed by atoms with Crippen molar-refractivity contribution in [2.75, 3.05) is 13.7 Å². The van der Waals surface area contributed by atoms with Crippen LogP contribution in [-0.2, 0) is 16.0 Å². The fraction of sp³-hybridized carbons (Fsp3) is 0.231. The zero-order valence-corrected chi connectivity index (χ0v) is 18.5. The summed E-state index contributed by atoms with van der Waals surface area (Å²) in [5, 5.41) is 10.3. The third-order valence-corrected chi connectivity index (χ3v) is 6.21. The Morgan fingerprint density at radius 1 is 1.00 bits per heavy atom. The number of benzene rings is 3. The number of aliphatic carboxylic acids is 1. The number of carboxylic acid groups (broad SMARTS) is 1. The summed E-state index contributed by atoms with van der Waals surface area (Å²) in [6, 6.07) is 22.4. The van der Waals surface area contributed by atoms with Crippen molar-refractivity contribution in [3.8, 4) is 11.1 Å². The zero-order chi connectivity index (χ0) is 22.7. The van der Waals surface area contributed by atoms with Crippen LogP contribution < -0.4 is 0 Å². The Morgan fingerprint density at radius 3 is 2.22 bits per heavy atom. The van der Waals surface area contributed by atoms with Crippen molar-refractivity contribution >= 4 is 23.7 Å². The van der Waals surface area contributed by atoms with Gasteiger partial charge in [-0.1, -0.05) is 72.3 Å². The first-order chi connectivity index (χ1) is 15.5. The van der Waals surface area contributed by atoms with Gasteiger partial charge in [-0.3, -0.25) is 4.90 Å². The maximum atomic E-state index is 12.8. The Kier molecular flexibility index (Phi) is 6.47. The van der Waals surface area contributed by atoms with Crippen molar-refractivity contribution in [3.05, 3.63) is 94.5 Å². The third kappa shape index (κ3) is 4.48. The molecule has 1 aliphatic rings. The molecule has 0 spiro atoms. The quantitative estimate of drug-likeness (QED) is 0.509. The SMILES string of the molecule is CN(C(=O)OCC1c2ccccc2-c2ccccc21)C(CCc1cccc(Cl)c1)C(=O)O. The number of hydrogen-bond acceptors (Lipinski definition) is 3. The van der Waals surface area contributed by atoms with Crippen molar-refractivity contribution < 1.29 is 19.4 Å². The molecule has 1 amide bonds. The summed E-state index contributed by atoms with van der Waals surface area (Å²) in [7, 11) is 1.47. The van der Waals surface area contributed by atoms with Crippen molar-refractivity contribution in [1.82, 2.24) is 4.90 Å². The van der Waals surface area contributed by atoms with Gasteiger partial charge in [-0.25, -0.2) is 9.59 Å². The van der Waals surface area contributed by atoms with Gasteiger partial charge >= 0.3 is 12.1 Å². The molecule has 0 bridgehead atoms. The number of rotatable bonds is 7. The molecular weight excluding hydrogens is 426 g/mol. The lowest BCUT2D eigenvalue weighted by atomic mass is 9.98. The fourth-order valence-electron chi connectivity index (χ4n) is 4.30. The predicted octanol–water partition coefficient (Wildman–Crippen LogP) is 5.61. The van der Waals surface area contributed by atoms with Crippen molar-refractivity contribution in [2.24, 2.45) is 0 Å². The number of likely N-dealkylation sites (N-methyl/N-ethyl adjacent to an activating group) is 1. The summed E-state index contributed by atoms with van der Waals surface area (Å²) < 4.78 is 5.61. The van der Waals surface area contributed by atoms with Crippen LogP contribution in [0.4, 0.5) is 4.79 Å². The van der Waals surface area contributed by atoms with Gasteiger partial charge in [0.25, 0.3) is 0 Å². The molecule has 1 unspecified atom stereocenters. The Hall–Kier alpha value is -3.31. The lowest BCUT2D eigenvalue weighted by Crippen LogP contribution is -2.43. The second kappa shape index (κ2) is 9.45. The summed E-state index contributed by atoms with van der Waals surface area (Å²) >= 11 is 6.01. The lowest BCUT2D eigenvalue weighted by molar-refractivity contribution is -0.142. The number of carbonyl (C=O) groups excluding carboxylic acids is 1. The van der Waals surface area contributed by atoms with E-state index in [9.17, 15) is 14.7 Å². The van der Waals surface area contributed by atoms with E-state index in [1.807, 2.05) is 48.5 Å². The third-order valence-electron chi connectivity index (χ3n) is 5.97. The van der Waals surface area contributed by atoms with E-state index in [0.29, 0.717) is 11.4 Å². The van der Waals surface area contributed by atoms with E-state index in [2.05, 4.69) is 12.1 Å². The average molecular weight is 450 g/mol. The summed E-state index contributed by atoms with van der Waals surface area (Å²) in [6.07, 6.45) is 0.0971. The maximum absolute atomic E-state index is 12.8. The Balaban J connectivity index is 1.43. The first kappa shape index (κ1) is 21.9. The number of carboxylic acids is 1. The van der Waals surface area contributed by atoms with Crippen LogP contribution in [0.15, 0.2) is 72.8 Å². The highest BCUT2D eigenvalue weighted by Crippen LogP contribution is 2.44. The predicted molar refractivity (Wildman–Crippen MR) is 124 cm³/mol. The minimum atomic E-state index is -1.07. The van der Waals surface area contributed by atoms with Gasteiger partial charge in [0, 0.05) is 18.0 Å². The molecule has 3 aromatic carbocycles. The van der Waals surface area contributed by atoms with Crippen LogP contribution in [0.3, 0.4) is 0 Å². The van der Waals surface area contributed by atoms with E-state index in [1.165, 1.54) is 11.9 Å². The standard InChI is InChI=1S/C26H24ClNO4/c1-28(24(25(29)30)14-13-17-7-6-8-18(27)15-17)26(31)32-16-23-21-11-4-2-9-19(21)20-10-3-5-12-22(20)23/h2-12,15,23-24H,13-14,16H2,1H3,(H,29,30). The van der Waals surface area contributed by atoms with E-state index in [4.69, 9.17) is 16.3 Å². The molecule has 0 saturated carbocycles. The summed E-state index contributed by atoms with van der Waals surface area (Å²) in [5.74, 6) is -1.14. The molecule has 1 N–H and O–H groups in total. The van der Waals surface area contributed by atoms with Crippen LogP contribution in [0.1, 0.15) is 29.0 Å². The van der Waals surface area contributed by atoms with Crippen LogP contribution in [0, 0.1) is 0 Å². The second-order valence-electron chi connectivity index (χ2n) is 7.94. The number of amides is 1. The van der Waals surface area contributed by atoms with Crippen molar-refractivity contribution in [2.45, 2.75) is 24.8 Å². The van der Waals surface area contributed by atoms with E-state index in [-0.39, 0.29) is 18.9 Å². The molecule has 5 nitrogen and oxygen atoms in total. The molecule has 0 aromatic heterocycles. The molecule has 0 aliphatic heterocycles. The average Bonchev–Trinajstić information content (AvgIpc) is 3.11. The molecule has 6 heteroatoms. The normalized spacial score (nSPS) is 13.2. The number of ether oxygens (including phenoxy) is 1. The van der Waals surface area contributed by atoms with Gasteiger partial charge in [-0.05, 0) is 52.8 Å². The highest BCUT2D eigenvalue weighted by molar-refractivity contribution is 6.30. The van der Waals surface area contributed by atoms with Crippen LogP contribution in [0.25, 0.3) is 11.1 Å². The van der Waals surface area contributed by atoms with Crippen LogP contribution in [0.5, 0.6) is 0 Å². The molecule has 32 heavy (non-hydrogen) atoms. The Bertz CT molecular complexity index is 1100. The fourth-order valence-corrected chi connectivity index (χ4v) is 4.51. The molecule has 3 aromatic rings. The number of halogens is 1. The number of nitrogens with zero attached hydrogens (tertiary/aromatic N) is 1. The highest BCUT2D eigenvalue weighted by atomic mass is 35.5. The minimum absolute atomic E-state index is 0.0745. The molecular formula is C26H24ClNO4. The minimum Gasteiger partial charge on any atom is -0.480 e. The molecule has 0 radical (unpaired) electrons. The van der Waals surface area contributed by atoms with Crippen LogP contribution in [0.2, 0.25) is 5.02 Å². The molecule has 0 fully saturated rings. The number of carbonyl (C=O) groups is 2. The number of fused-ring (bicyclic) bond motifs is 3. The van der Waals surface area contributed by atoms with Gasteiger partial charge < -0.3 is 9.84 Å². The first-order valence-electron chi connectivity index (χ1n) is 10.5. The van der Waals surface area contributed by atoms with Gasteiger partial charge in [-0.15, -0.1) is 0 Å². The Morgan fingerprint density at radius 2 is 1.62 bits per heavy atom. The zero-order valence-electron chi connectivity index (χ0n) is 17.7. The van der Waals surface area contributed by atoms with E-state index in [1.54, 1.807) is 12.1 Å². The second-order valence-corrected chi connectivity index (χ2v) is 8.37. The van der Waals surface area contributed by atoms with E-state index < -0.39 is 18.1 Å². The lowest BCUT2D eigenvalue weighted by Gasteiger charge is -2.25. The number of hydrogen-bond donors (Lipinski definition) is 1. The first-order valence-corrected chi connectivity index (χ1v) is 10.9. The van der Waals surface area contributed by atoms with Gasteiger partial charge in [0.2, 0.25) is 0 Å². The molecule has 0 saturated heterocycles. The number of aryl methyl sites for hydroxylation is 1. The van der Waals surface area contributed by atoms with Crippen LogP contribution >= 0.6 is 11.6 Å². The maximum Gasteiger partial charge on any atom is 0.410 e. The van der Waals surface area contributed by atoms with Gasteiger partial charge in [-0.2, -0.15) is 0 Å². The van der Waals surface area contributed by atoms with Crippen molar-refractivity contribution in [1.29, 1.82) is 0 Å². The summed E-state index contributed by atoms with van der Waals surface area (Å²) in [6.45, 7) is 0.151. The van der Waals surface area contributed by atoms with Gasteiger partial charge in [0.15, 0.2) is 0 Å². The van der Waals surface area contributed by atoms with Gasteiger partial charge in [0.1, 0.15) is 12.6 Å².